The number of benzene rings is 2. The van der Waals surface area contributed by atoms with Crippen molar-refractivity contribution in [2.45, 2.75) is 63.5 Å². The van der Waals surface area contributed by atoms with Crippen LogP contribution in [0.2, 0.25) is 0 Å². The number of rotatable bonds is 7. The van der Waals surface area contributed by atoms with Crippen LogP contribution in [-0.4, -0.2) is 26.7 Å². The highest BCUT2D eigenvalue weighted by atomic mass is 32.2. The zero-order valence-electron chi connectivity index (χ0n) is 18.0. The van der Waals surface area contributed by atoms with Crippen LogP contribution in [0.1, 0.15) is 58.2 Å². The van der Waals surface area contributed by atoms with Gasteiger partial charge in [-0.1, -0.05) is 52.0 Å². The fourth-order valence-corrected chi connectivity index (χ4v) is 3.54. The van der Waals surface area contributed by atoms with Gasteiger partial charge in [-0.25, -0.2) is 8.42 Å². The summed E-state index contributed by atoms with van der Waals surface area (Å²) in [5.41, 5.74) is 2.09. The van der Waals surface area contributed by atoms with Gasteiger partial charge in [0.1, 0.15) is 5.75 Å². The molecule has 1 amide bonds. The zero-order valence-corrected chi connectivity index (χ0v) is 18.8. The third-order valence-electron chi connectivity index (χ3n) is 4.83. The SMILES string of the molecule is CC[C@@H](Oc1ccc(C(C)(C)C)cc1)C(=O)N[C@@H](C)c1ccc(S(C)(=O)=O)cc1. The fourth-order valence-electron chi connectivity index (χ4n) is 2.91. The molecule has 2 aromatic rings. The smallest absolute Gasteiger partial charge is 0.261 e. The van der Waals surface area contributed by atoms with Crippen molar-refractivity contribution < 1.29 is 17.9 Å². The molecule has 0 aliphatic rings. The number of carbonyl (C=O) groups is 1. The molecule has 0 spiro atoms. The minimum atomic E-state index is -3.24. The first-order chi connectivity index (χ1) is 13.4. The van der Waals surface area contributed by atoms with Gasteiger partial charge in [-0.15, -0.1) is 0 Å². The van der Waals surface area contributed by atoms with E-state index in [1.807, 2.05) is 38.1 Å². The van der Waals surface area contributed by atoms with E-state index in [-0.39, 0.29) is 22.3 Å². The molecule has 0 bridgehead atoms. The Balaban J connectivity index is 2.03. The van der Waals surface area contributed by atoms with E-state index in [4.69, 9.17) is 4.74 Å². The fraction of sp³-hybridized carbons (Fsp3) is 0.435. The predicted octanol–water partition coefficient (Wildman–Crippen LogP) is 4.42. The Kier molecular flexibility index (Phi) is 7.11. The maximum Gasteiger partial charge on any atom is 0.261 e. The van der Waals surface area contributed by atoms with E-state index in [2.05, 4.69) is 26.1 Å². The Hall–Kier alpha value is -2.34. The molecular weight excluding hydrogens is 386 g/mol. The highest BCUT2D eigenvalue weighted by molar-refractivity contribution is 7.90. The van der Waals surface area contributed by atoms with Crippen molar-refractivity contribution in [2.24, 2.45) is 0 Å². The number of ether oxygens (including phenoxy) is 1. The third-order valence-corrected chi connectivity index (χ3v) is 5.96. The molecule has 158 valence electrons. The molecule has 0 aromatic heterocycles. The Bertz CT molecular complexity index is 926. The van der Waals surface area contributed by atoms with Gasteiger partial charge in [-0.3, -0.25) is 4.79 Å². The molecule has 2 aromatic carbocycles. The highest BCUT2D eigenvalue weighted by Gasteiger charge is 2.21. The standard InChI is InChI=1S/C23H31NO4S/c1-7-21(28-19-12-10-18(11-13-19)23(3,4)5)22(25)24-16(2)17-8-14-20(15-9-17)29(6,26)27/h8-16,21H,7H2,1-6H3,(H,24,25)/t16-,21+/m0/s1. The second-order valence-electron chi connectivity index (χ2n) is 8.36. The van der Waals surface area contributed by atoms with Crippen LogP contribution in [0.5, 0.6) is 5.75 Å². The lowest BCUT2D eigenvalue weighted by molar-refractivity contribution is -0.128. The van der Waals surface area contributed by atoms with Crippen molar-refractivity contribution in [3.63, 3.8) is 0 Å². The maximum atomic E-state index is 12.7. The second-order valence-corrected chi connectivity index (χ2v) is 10.4. The van der Waals surface area contributed by atoms with Crippen molar-refractivity contribution in [1.29, 1.82) is 0 Å². The van der Waals surface area contributed by atoms with Gasteiger partial charge < -0.3 is 10.1 Å². The molecule has 0 fully saturated rings. The van der Waals surface area contributed by atoms with E-state index in [0.717, 1.165) is 5.56 Å². The van der Waals surface area contributed by atoms with Crippen molar-refractivity contribution in [3.05, 3.63) is 59.7 Å². The highest BCUT2D eigenvalue weighted by Crippen LogP contribution is 2.25. The van der Waals surface area contributed by atoms with Crippen LogP contribution < -0.4 is 10.1 Å². The molecule has 29 heavy (non-hydrogen) atoms. The summed E-state index contributed by atoms with van der Waals surface area (Å²) in [5.74, 6) is 0.456. The van der Waals surface area contributed by atoms with E-state index in [9.17, 15) is 13.2 Å². The van der Waals surface area contributed by atoms with Crippen LogP contribution in [0.25, 0.3) is 0 Å². The minimum Gasteiger partial charge on any atom is -0.481 e. The summed E-state index contributed by atoms with van der Waals surface area (Å²) < 4.78 is 29.1. The molecule has 0 aliphatic heterocycles. The van der Waals surface area contributed by atoms with Gasteiger partial charge in [0.25, 0.3) is 5.91 Å². The monoisotopic (exact) mass is 417 g/mol. The summed E-state index contributed by atoms with van der Waals surface area (Å²) in [5, 5.41) is 2.95. The number of carbonyl (C=O) groups excluding carboxylic acids is 1. The molecular formula is C23H31NO4S. The Morgan fingerprint density at radius 2 is 1.59 bits per heavy atom. The molecule has 0 unspecified atom stereocenters. The summed E-state index contributed by atoms with van der Waals surface area (Å²) in [7, 11) is -3.24. The van der Waals surface area contributed by atoms with Gasteiger partial charge in [0.15, 0.2) is 15.9 Å². The summed E-state index contributed by atoms with van der Waals surface area (Å²) in [4.78, 5) is 12.9. The minimum absolute atomic E-state index is 0.0577. The van der Waals surface area contributed by atoms with Crippen LogP contribution in [0.3, 0.4) is 0 Å². The molecule has 0 aliphatic carbocycles. The average molecular weight is 418 g/mol. The topological polar surface area (TPSA) is 72.5 Å². The Morgan fingerprint density at radius 3 is 2.03 bits per heavy atom. The lowest BCUT2D eigenvalue weighted by Gasteiger charge is -2.22. The molecule has 5 nitrogen and oxygen atoms in total. The average Bonchev–Trinajstić information content (AvgIpc) is 2.65. The van der Waals surface area contributed by atoms with Gasteiger partial charge in [-0.2, -0.15) is 0 Å². The summed E-state index contributed by atoms with van der Waals surface area (Å²) in [6.45, 7) is 10.2. The summed E-state index contributed by atoms with van der Waals surface area (Å²) in [6, 6.07) is 14.1. The molecule has 0 radical (unpaired) electrons. The quantitative estimate of drug-likeness (QED) is 0.724. The van der Waals surface area contributed by atoms with E-state index in [1.54, 1.807) is 24.3 Å². The van der Waals surface area contributed by atoms with Crippen molar-refractivity contribution in [2.75, 3.05) is 6.26 Å². The molecule has 2 atom stereocenters. The first-order valence-corrected chi connectivity index (χ1v) is 11.7. The van der Waals surface area contributed by atoms with E-state index in [0.29, 0.717) is 12.2 Å². The van der Waals surface area contributed by atoms with Crippen molar-refractivity contribution >= 4 is 15.7 Å². The first kappa shape index (κ1) is 22.9. The molecule has 0 saturated carbocycles. The number of hydrogen-bond acceptors (Lipinski definition) is 4. The molecule has 0 heterocycles. The van der Waals surface area contributed by atoms with Gasteiger partial charge >= 0.3 is 0 Å². The lowest BCUT2D eigenvalue weighted by atomic mass is 9.87. The first-order valence-electron chi connectivity index (χ1n) is 9.79. The van der Waals surface area contributed by atoms with Gasteiger partial charge in [0.05, 0.1) is 10.9 Å². The van der Waals surface area contributed by atoms with Crippen LogP contribution in [-0.2, 0) is 20.0 Å². The summed E-state index contributed by atoms with van der Waals surface area (Å²) in [6.07, 6.45) is 1.10. The third kappa shape index (κ3) is 6.32. The van der Waals surface area contributed by atoms with Crippen molar-refractivity contribution in [1.82, 2.24) is 5.32 Å². The second kappa shape index (κ2) is 8.99. The number of nitrogens with one attached hydrogen (secondary N) is 1. The van der Waals surface area contributed by atoms with Gasteiger partial charge in [0, 0.05) is 6.26 Å². The van der Waals surface area contributed by atoms with Crippen LogP contribution in [0.15, 0.2) is 53.4 Å². The molecule has 0 saturated heterocycles. The number of amides is 1. The molecule has 2 rings (SSSR count). The number of hydrogen-bond donors (Lipinski definition) is 1. The molecule has 1 N–H and O–H groups in total. The Labute approximate surface area is 174 Å². The van der Waals surface area contributed by atoms with Crippen LogP contribution in [0.4, 0.5) is 0 Å². The van der Waals surface area contributed by atoms with Crippen LogP contribution in [0, 0.1) is 0 Å². The Morgan fingerprint density at radius 1 is 1.03 bits per heavy atom. The maximum absolute atomic E-state index is 12.7. The van der Waals surface area contributed by atoms with E-state index in [1.165, 1.54) is 11.8 Å². The lowest BCUT2D eigenvalue weighted by Crippen LogP contribution is -2.39. The normalized spacial score (nSPS) is 14.1. The predicted molar refractivity (Wildman–Crippen MR) is 116 cm³/mol. The zero-order chi connectivity index (χ0) is 21.8. The van der Waals surface area contributed by atoms with E-state index < -0.39 is 15.9 Å². The van der Waals surface area contributed by atoms with Crippen LogP contribution >= 0.6 is 0 Å². The van der Waals surface area contributed by atoms with Gasteiger partial charge in [-0.05, 0) is 54.2 Å². The van der Waals surface area contributed by atoms with Crippen molar-refractivity contribution in [3.8, 4) is 5.75 Å². The van der Waals surface area contributed by atoms with Gasteiger partial charge in [0.2, 0.25) is 0 Å². The largest absolute Gasteiger partial charge is 0.481 e. The summed E-state index contributed by atoms with van der Waals surface area (Å²) >= 11 is 0. The number of sulfone groups is 1. The van der Waals surface area contributed by atoms with E-state index >= 15 is 0 Å². The molecule has 6 heteroatoms.